The quantitative estimate of drug-likeness (QED) is 0.430. The van der Waals surface area contributed by atoms with E-state index in [-0.39, 0.29) is 41.7 Å². The molecule has 0 fully saturated rings. The van der Waals surface area contributed by atoms with Crippen molar-refractivity contribution in [1.29, 1.82) is 0 Å². The monoisotopic (exact) mass is 351 g/mol. The van der Waals surface area contributed by atoms with Crippen LogP contribution >= 0.6 is 0 Å². The molecule has 25 heavy (non-hydrogen) atoms. The van der Waals surface area contributed by atoms with E-state index in [1.807, 2.05) is 0 Å². The van der Waals surface area contributed by atoms with Crippen LogP contribution in [0.15, 0.2) is 24.4 Å². The highest BCUT2D eigenvalue weighted by atomic mass is 16.6. The van der Waals surface area contributed by atoms with Gasteiger partial charge in [-0.3, -0.25) is 29.7 Å². The third kappa shape index (κ3) is 4.19. The first-order valence-corrected chi connectivity index (χ1v) is 6.85. The minimum absolute atomic E-state index is 0.00568. The van der Waals surface area contributed by atoms with Crippen molar-refractivity contribution < 1.29 is 24.5 Å². The lowest BCUT2D eigenvalue weighted by molar-refractivity contribution is -0.385. The zero-order valence-electron chi connectivity index (χ0n) is 12.9. The van der Waals surface area contributed by atoms with E-state index in [0.717, 1.165) is 24.4 Å². The fraction of sp³-hybridized carbons (Fsp3) is 0.231. The third-order valence-electron chi connectivity index (χ3n) is 3.13. The molecular formula is C13H13N5O7. The normalized spacial score (nSPS) is 10.3. The Hall–Kier alpha value is -3.70. The number of rotatable bonds is 7. The second-order valence-electron chi connectivity index (χ2n) is 4.80. The first-order valence-electron chi connectivity index (χ1n) is 6.85. The lowest BCUT2D eigenvalue weighted by atomic mass is 10.2. The van der Waals surface area contributed by atoms with Crippen LogP contribution in [0.2, 0.25) is 0 Å². The summed E-state index contributed by atoms with van der Waals surface area (Å²) in [6.45, 7) is 0.00568. The molecule has 0 saturated heterocycles. The van der Waals surface area contributed by atoms with Crippen LogP contribution in [0.4, 0.5) is 17.1 Å². The van der Waals surface area contributed by atoms with Crippen LogP contribution in [0.3, 0.4) is 0 Å². The number of phenols is 1. The van der Waals surface area contributed by atoms with E-state index in [2.05, 4.69) is 10.4 Å². The molecule has 132 valence electrons. The predicted octanol–water partition coefficient (Wildman–Crippen LogP) is 1.44. The molecule has 2 N–H and O–H groups in total. The number of ether oxygens (including phenoxy) is 1. The summed E-state index contributed by atoms with van der Waals surface area (Å²) in [6, 6.07) is 3.21. The summed E-state index contributed by atoms with van der Waals surface area (Å²) in [5.41, 5.74) is -0.733. The van der Waals surface area contributed by atoms with Crippen LogP contribution in [0.1, 0.15) is 6.42 Å². The number of aryl methyl sites for hydroxylation is 1. The van der Waals surface area contributed by atoms with Gasteiger partial charge in [-0.15, -0.1) is 5.10 Å². The number of carbonyl (C=O) groups excluding carboxylic acids is 1. The molecular weight excluding hydrogens is 338 g/mol. The van der Waals surface area contributed by atoms with Crippen LogP contribution in [0.25, 0.3) is 0 Å². The fourth-order valence-electron chi connectivity index (χ4n) is 1.94. The van der Waals surface area contributed by atoms with Gasteiger partial charge in [0.05, 0.1) is 29.2 Å². The second kappa shape index (κ2) is 7.25. The maximum atomic E-state index is 11.9. The van der Waals surface area contributed by atoms with Crippen LogP contribution in [0.5, 0.6) is 11.6 Å². The van der Waals surface area contributed by atoms with Crippen molar-refractivity contribution in [2.24, 2.45) is 0 Å². The molecule has 1 aromatic heterocycles. The summed E-state index contributed by atoms with van der Waals surface area (Å²) in [5, 5.41) is 37.3. The summed E-state index contributed by atoms with van der Waals surface area (Å²) < 4.78 is 5.94. The molecule has 0 radical (unpaired) electrons. The van der Waals surface area contributed by atoms with E-state index < -0.39 is 15.8 Å². The van der Waals surface area contributed by atoms with Crippen LogP contribution < -0.4 is 10.1 Å². The van der Waals surface area contributed by atoms with Crippen LogP contribution in [0, 0.1) is 20.2 Å². The van der Waals surface area contributed by atoms with Gasteiger partial charge in [0.15, 0.2) is 0 Å². The Kier molecular flexibility index (Phi) is 5.12. The van der Waals surface area contributed by atoms with Crippen molar-refractivity contribution in [3.63, 3.8) is 0 Å². The molecule has 12 heteroatoms. The lowest BCUT2D eigenvalue weighted by Crippen LogP contribution is -2.15. The number of benzene rings is 1. The molecule has 0 unspecified atom stereocenters. The van der Waals surface area contributed by atoms with E-state index in [1.165, 1.54) is 11.8 Å². The number of carbonyl (C=O) groups is 1. The standard InChI is InChI=1S/C13H13N5O7/c1-25-13-10(18(23)24)7-16(15-13)5-4-12(20)14-9-6-8(17(21)22)2-3-11(9)19/h2-3,6-7,19H,4-5H2,1H3,(H,14,20). The Morgan fingerprint density at radius 1 is 1.36 bits per heavy atom. The van der Waals surface area contributed by atoms with Gasteiger partial charge in [-0.2, -0.15) is 0 Å². The Labute approximate surface area is 139 Å². The molecule has 0 aliphatic carbocycles. The molecule has 2 aromatic rings. The van der Waals surface area contributed by atoms with E-state index >= 15 is 0 Å². The molecule has 0 spiro atoms. The number of nitro benzene ring substituents is 1. The van der Waals surface area contributed by atoms with Gasteiger partial charge in [-0.1, -0.05) is 0 Å². The molecule has 0 bridgehead atoms. The number of amides is 1. The zero-order valence-corrected chi connectivity index (χ0v) is 12.9. The first kappa shape index (κ1) is 17.7. The second-order valence-corrected chi connectivity index (χ2v) is 4.80. The Morgan fingerprint density at radius 3 is 2.64 bits per heavy atom. The molecule has 0 aliphatic rings. The van der Waals surface area contributed by atoms with Crippen LogP contribution in [-0.2, 0) is 11.3 Å². The van der Waals surface area contributed by atoms with E-state index in [9.17, 15) is 30.1 Å². The minimum Gasteiger partial charge on any atom is -0.506 e. The van der Waals surface area contributed by atoms with Crippen molar-refractivity contribution in [3.8, 4) is 11.6 Å². The number of aromatic nitrogens is 2. The number of nitrogens with one attached hydrogen (secondary N) is 1. The van der Waals surface area contributed by atoms with Gasteiger partial charge < -0.3 is 15.2 Å². The maximum Gasteiger partial charge on any atom is 0.350 e. The number of aromatic hydroxyl groups is 1. The minimum atomic E-state index is -0.663. The number of nitrogens with zero attached hydrogens (tertiary/aromatic N) is 4. The van der Waals surface area contributed by atoms with Gasteiger partial charge in [0, 0.05) is 18.6 Å². The number of hydrogen-bond donors (Lipinski definition) is 2. The van der Waals surface area contributed by atoms with E-state index in [4.69, 9.17) is 4.74 Å². The lowest BCUT2D eigenvalue weighted by Gasteiger charge is -2.07. The van der Waals surface area contributed by atoms with Gasteiger partial charge in [0.2, 0.25) is 5.91 Å². The number of anilines is 1. The molecule has 1 heterocycles. The SMILES string of the molecule is COc1nn(CCC(=O)Nc2cc([N+](=O)[O-])ccc2O)cc1[N+](=O)[O-]. The van der Waals surface area contributed by atoms with Gasteiger partial charge in [-0.05, 0) is 6.07 Å². The average Bonchev–Trinajstić information content (AvgIpc) is 2.98. The van der Waals surface area contributed by atoms with Crippen molar-refractivity contribution >= 4 is 23.0 Å². The highest BCUT2D eigenvalue weighted by Crippen LogP contribution is 2.28. The molecule has 0 atom stereocenters. The van der Waals surface area contributed by atoms with Gasteiger partial charge in [-0.25, -0.2) is 0 Å². The summed E-state index contributed by atoms with van der Waals surface area (Å²) in [4.78, 5) is 32.1. The molecule has 12 nitrogen and oxygen atoms in total. The summed E-state index contributed by atoms with van der Waals surface area (Å²) in [5.74, 6) is -1.06. The van der Waals surface area contributed by atoms with Gasteiger partial charge >= 0.3 is 11.6 Å². The van der Waals surface area contributed by atoms with Gasteiger partial charge in [0.1, 0.15) is 11.9 Å². The molecule has 0 saturated carbocycles. The number of hydrogen-bond acceptors (Lipinski definition) is 8. The van der Waals surface area contributed by atoms with E-state index in [1.54, 1.807) is 0 Å². The smallest absolute Gasteiger partial charge is 0.350 e. The largest absolute Gasteiger partial charge is 0.506 e. The highest BCUT2D eigenvalue weighted by molar-refractivity contribution is 5.92. The summed E-state index contributed by atoms with van der Waals surface area (Å²) in [6.07, 6.45) is 0.987. The topological polar surface area (TPSA) is 163 Å². The van der Waals surface area contributed by atoms with Crippen molar-refractivity contribution in [2.75, 3.05) is 12.4 Å². The zero-order chi connectivity index (χ0) is 18.6. The summed E-state index contributed by atoms with van der Waals surface area (Å²) in [7, 11) is 1.23. The summed E-state index contributed by atoms with van der Waals surface area (Å²) >= 11 is 0. The Morgan fingerprint density at radius 2 is 2.08 bits per heavy atom. The van der Waals surface area contributed by atoms with Crippen molar-refractivity contribution in [1.82, 2.24) is 9.78 Å². The number of methoxy groups -OCH3 is 1. The van der Waals surface area contributed by atoms with Crippen molar-refractivity contribution in [3.05, 3.63) is 44.6 Å². The average molecular weight is 351 g/mol. The van der Waals surface area contributed by atoms with Crippen LogP contribution in [-0.4, -0.2) is 37.8 Å². The van der Waals surface area contributed by atoms with Crippen molar-refractivity contribution in [2.45, 2.75) is 13.0 Å². The highest BCUT2D eigenvalue weighted by Gasteiger charge is 2.20. The number of phenolic OH excluding ortho intramolecular Hbond substituents is 1. The Bertz CT molecular complexity index is 832. The van der Waals surface area contributed by atoms with Gasteiger partial charge in [0.25, 0.3) is 5.69 Å². The maximum absolute atomic E-state index is 11.9. The fourth-order valence-corrected chi connectivity index (χ4v) is 1.94. The predicted molar refractivity (Wildman–Crippen MR) is 83.4 cm³/mol. The molecule has 1 amide bonds. The molecule has 0 aliphatic heterocycles. The van der Waals surface area contributed by atoms with E-state index in [0.29, 0.717) is 0 Å². The number of non-ortho nitro benzene ring substituents is 1. The number of nitro groups is 2. The first-order chi connectivity index (χ1) is 11.8. The third-order valence-corrected chi connectivity index (χ3v) is 3.13. The molecule has 1 aromatic carbocycles. The Balaban J connectivity index is 2.03. The molecule has 2 rings (SSSR count).